The molecule has 0 saturated heterocycles. The van der Waals surface area contributed by atoms with Gasteiger partial charge in [0.1, 0.15) is 10.9 Å². The molecular formula is C27H24ClN5O4. The van der Waals surface area contributed by atoms with Crippen LogP contribution in [-0.4, -0.2) is 29.3 Å². The van der Waals surface area contributed by atoms with E-state index in [4.69, 9.17) is 26.8 Å². The third-order valence-electron chi connectivity index (χ3n) is 6.15. The van der Waals surface area contributed by atoms with Crippen molar-refractivity contribution in [3.8, 4) is 11.5 Å². The van der Waals surface area contributed by atoms with Crippen LogP contribution in [0, 0.1) is 0 Å². The number of nitrogens with one attached hydrogen (secondary N) is 1. The van der Waals surface area contributed by atoms with Gasteiger partial charge in [0.2, 0.25) is 6.79 Å². The van der Waals surface area contributed by atoms with E-state index in [-0.39, 0.29) is 29.1 Å². The van der Waals surface area contributed by atoms with Crippen molar-refractivity contribution >= 4 is 46.2 Å². The van der Waals surface area contributed by atoms with E-state index < -0.39 is 5.91 Å². The van der Waals surface area contributed by atoms with Crippen molar-refractivity contribution < 1.29 is 19.1 Å². The molecule has 5 rings (SSSR count). The van der Waals surface area contributed by atoms with Gasteiger partial charge in [-0.15, -0.1) is 0 Å². The predicted molar refractivity (Wildman–Crippen MR) is 142 cm³/mol. The minimum Gasteiger partial charge on any atom is -0.454 e. The van der Waals surface area contributed by atoms with Crippen molar-refractivity contribution in [3.63, 3.8) is 0 Å². The average Bonchev–Trinajstić information content (AvgIpc) is 3.36. The van der Waals surface area contributed by atoms with E-state index in [1.165, 1.54) is 6.20 Å². The first kappa shape index (κ1) is 24.3. The number of hydrazone groups is 1. The minimum atomic E-state index is -0.589. The van der Waals surface area contributed by atoms with Gasteiger partial charge in [0.25, 0.3) is 11.8 Å². The molecule has 3 N–H and O–H groups in total. The second kappa shape index (κ2) is 10.3. The second-order valence-electron chi connectivity index (χ2n) is 8.58. The summed E-state index contributed by atoms with van der Waals surface area (Å²) in [5, 5.41) is 9.20. The Labute approximate surface area is 218 Å². The Hall–Kier alpha value is -4.37. The maximum Gasteiger partial charge on any atom is 0.264 e. The number of anilines is 2. The van der Waals surface area contributed by atoms with E-state index in [1.54, 1.807) is 29.3 Å². The van der Waals surface area contributed by atoms with Crippen LogP contribution in [0.3, 0.4) is 0 Å². The van der Waals surface area contributed by atoms with Crippen molar-refractivity contribution in [2.75, 3.05) is 17.1 Å². The lowest BCUT2D eigenvalue weighted by atomic mass is 9.97. The zero-order valence-corrected chi connectivity index (χ0v) is 20.6. The molecule has 3 heterocycles. The highest BCUT2D eigenvalue weighted by Gasteiger charge is 2.23. The Morgan fingerprint density at radius 2 is 1.86 bits per heavy atom. The smallest absolute Gasteiger partial charge is 0.264 e. The van der Waals surface area contributed by atoms with E-state index in [2.05, 4.69) is 22.0 Å². The largest absolute Gasteiger partial charge is 0.454 e. The van der Waals surface area contributed by atoms with Crippen LogP contribution < -0.4 is 25.5 Å². The lowest BCUT2D eigenvalue weighted by Gasteiger charge is -2.26. The number of benzene rings is 2. The number of hydrogen-bond acceptors (Lipinski definition) is 7. The Bertz CT molecular complexity index is 1440. The predicted octanol–water partition coefficient (Wildman–Crippen LogP) is 4.76. The average molecular weight is 518 g/mol. The molecule has 1 aromatic heterocycles. The summed E-state index contributed by atoms with van der Waals surface area (Å²) in [4.78, 5) is 29.0. The Morgan fingerprint density at radius 1 is 1.05 bits per heavy atom. The summed E-state index contributed by atoms with van der Waals surface area (Å²) < 4.78 is 11.0. The Morgan fingerprint density at radius 3 is 2.68 bits per heavy atom. The minimum absolute atomic E-state index is 0.116. The number of fused-ring (bicyclic) bond motifs is 2. The van der Waals surface area contributed by atoms with Crippen molar-refractivity contribution in [1.82, 2.24) is 4.98 Å². The first-order chi connectivity index (χ1) is 17.9. The molecule has 0 radical (unpaired) electrons. The van der Waals surface area contributed by atoms with Crippen LogP contribution in [0.25, 0.3) is 5.70 Å². The van der Waals surface area contributed by atoms with Gasteiger partial charge in [0, 0.05) is 23.5 Å². The zero-order chi connectivity index (χ0) is 25.9. The van der Waals surface area contributed by atoms with E-state index >= 15 is 0 Å². The number of rotatable bonds is 4. The molecule has 2 amide bonds. The summed E-state index contributed by atoms with van der Waals surface area (Å²) >= 11 is 6.10. The molecule has 37 heavy (non-hydrogen) atoms. The van der Waals surface area contributed by atoms with Crippen LogP contribution in [0.15, 0.2) is 66.4 Å². The summed E-state index contributed by atoms with van der Waals surface area (Å²) in [6.45, 7) is 4.45. The van der Waals surface area contributed by atoms with Gasteiger partial charge in [0.15, 0.2) is 11.5 Å². The van der Waals surface area contributed by atoms with Crippen LogP contribution in [0.1, 0.15) is 40.7 Å². The van der Waals surface area contributed by atoms with Crippen LogP contribution in [-0.2, 0) is 11.2 Å². The quantitative estimate of drug-likeness (QED) is 0.481. The van der Waals surface area contributed by atoms with Crippen molar-refractivity contribution in [2.24, 2.45) is 10.8 Å². The molecule has 0 spiro atoms. The van der Waals surface area contributed by atoms with Gasteiger partial charge >= 0.3 is 0 Å². The van der Waals surface area contributed by atoms with Crippen molar-refractivity contribution in [3.05, 3.63) is 83.2 Å². The molecule has 188 valence electrons. The molecule has 0 saturated carbocycles. The number of pyridine rings is 1. The monoisotopic (exact) mass is 517 g/mol. The molecule has 0 aliphatic carbocycles. The maximum absolute atomic E-state index is 12.9. The first-order valence-corrected chi connectivity index (χ1v) is 12.1. The number of hydrogen-bond donors (Lipinski definition) is 2. The highest BCUT2D eigenvalue weighted by atomic mass is 35.5. The number of carbonyl (C=O) groups excluding carboxylic acids is 2. The molecular weight excluding hydrogens is 494 g/mol. The summed E-state index contributed by atoms with van der Waals surface area (Å²) in [5.74, 6) is 0.209. The summed E-state index contributed by atoms with van der Waals surface area (Å²) in [6.07, 6.45) is 4.27. The third kappa shape index (κ3) is 5.12. The van der Waals surface area contributed by atoms with E-state index in [1.807, 2.05) is 24.3 Å². The summed E-state index contributed by atoms with van der Waals surface area (Å²) in [5.41, 5.74) is 9.65. The normalized spacial score (nSPS) is 16.4. The van der Waals surface area contributed by atoms with Gasteiger partial charge in [-0.2, -0.15) is 5.10 Å². The summed E-state index contributed by atoms with van der Waals surface area (Å²) in [7, 11) is 0. The second-order valence-corrected chi connectivity index (χ2v) is 8.94. The van der Waals surface area contributed by atoms with Crippen LogP contribution >= 0.6 is 11.6 Å². The number of aryl methyl sites for hydroxylation is 1. The molecule has 0 atom stereocenters. The molecule has 2 aliphatic rings. The number of ether oxygens (including phenoxy) is 2. The molecule has 9 nitrogen and oxygen atoms in total. The van der Waals surface area contributed by atoms with E-state index in [9.17, 15) is 9.59 Å². The van der Waals surface area contributed by atoms with Crippen molar-refractivity contribution in [2.45, 2.75) is 25.7 Å². The fourth-order valence-electron chi connectivity index (χ4n) is 4.25. The van der Waals surface area contributed by atoms with Gasteiger partial charge in [0.05, 0.1) is 16.9 Å². The number of primary amides is 1. The maximum atomic E-state index is 12.9. The molecule has 3 aromatic rings. The van der Waals surface area contributed by atoms with E-state index in [0.717, 1.165) is 30.4 Å². The Balaban J connectivity index is 1.55. The van der Waals surface area contributed by atoms with Gasteiger partial charge in [-0.1, -0.05) is 24.2 Å². The van der Waals surface area contributed by atoms with Gasteiger partial charge in [-0.05, 0) is 67.6 Å². The highest BCUT2D eigenvalue weighted by molar-refractivity contribution is 6.38. The number of nitrogens with zero attached hydrogens (tertiary/aromatic N) is 3. The number of amides is 2. The molecule has 2 aliphatic heterocycles. The third-order valence-corrected chi connectivity index (χ3v) is 6.45. The fraction of sp³-hybridized carbons (Fsp3) is 0.185. The summed E-state index contributed by atoms with van der Waals surface area (Å²) in [6, 6.07) is 14.2. The van der Waals surface area contributed by atoms with Gasteiger partial charge in [-0.3, -0.25) is 9.59 Å². The van der Waals surface area contributed by atoms with Crippen molar-refractivity contribution in [1.29, 1.82) is 0 Å². The topological polar surface area (TPSA) is 119 Å². The lowest BCUT2D eigenvalue weighted by Crippen LogP contribution is -2.28. The highest BCUT2D eigenvalue weighted by Crippen LogP contribution is 2.39. The van der Waals surface area contributed by atoms with Crippen LogP contribution in [0.4, 0.5) is 11.4 Å². The Kier molecular flexibility index (Phi) is 6.78. The molecule has 0 fully saturated rings. The molecule has 0 bridgehead atoms. The molecule has 2 aromatic carbocycles. The first-order valence-electron chi connectivity index (χ1n) is 11.7. The van der Waals surface area contributed by atoms with Gasteiger partial charge in [-0.25, -0.2) is 9.99 Å². The van der Waals surface area contributed by atoms with Crippen LogP contribution in [0.5, 0.6) is 11.5 Å². The van der Waals surface area contributed by atoms with Crippen LogP contribution in [0.2, 0.25) is 5.15 Å². The van der Waals surface area contributed by atoms with Gasteiger partial charge < -0.3 is 20.5 Å². The molecule has 10 heteroatoms. The number of carbonyl (C=O) groups is 2. The SMILES string of the molecule is C=C1c2cc(NC(=O)c3cccnc3Cl)ccc2CCCC/C(C(N)=O)=N\N1c1ccc2c(c1)OCO2. The van der Waals surface area contributed by atoms with E-state index in [0.29, 0.717) is 35.0 Å². The zero-order valence-electron chi connectivity index (χ0n) is 19.9. The standard InChI is InChI=1S/C27H24ClN5O4/c1-16-21-13-18(31-27(35)20-6-4-12-30-25(20)28)9-8-17(21)5-2-3-7-22(26(29)34)32-33(16)19-10-11-23-24(14-19)37-15-36-23/h4,6,8-14H,1-3,5,7,15H2,(H2,29,34)(H,31,35)/b32-22+. The fourth-order valence-corrected chi connectivity index (χ4v) is 4.46. The number of halogens is 1. The number of aromatic nitrogens is 1. The molecule has 0 unspecified atom stereocenters. The lowest BCUT2D eigenvalue weighted by molar-refractivity contribution is -0.112. The number of nitrogens with two attached hydrogens (primary N) is 1.